The maximum Gasteiger partial charge on any atom is 0.131 e. The lowest BCUT2D eigenvalue weighted by Crippen LogP contribution is -2.24. The number of halogens is 1. The maximum absolute atomic E-state index is 7.55. The minimum atomic E-state index is -0.0896. The second-order valence-corrected chi connectivity index (χ2v) is 5.78. The molecule has 2 rings (SSSR count). The second kappa shape index (κ2) is 5.39. The van der Waals surface area contributed by atoms with Gasteiger partial charge in [-0.15, -0.1) is 0 Å². The van der Waals surface area contributed by atoms with E-state index in [2.05, 4.69) is 13.8 Å². The van der Waals surface area contributed by atoms with E-state index in [0.717, 1.165) is 12.8 Å². The molecule has 1 heterocycles. The molecule has 0 spiro atoms. The third-order valence-corrected chi connectivity index (χ3v) is 3.54. The first kappa shape index (κ1) is 14.2. The Morgan fingerprint density at radius 2 is 2.32 bits per heavy atom. The van der Waals surface area contributed by atoms with E-state index in [1.54, 1.807) is 18.2 Å². The van der Waals surface area contributed by atoms with Gasteiger partial charge in [0.2, 0.25) is 0 Å². The number of hydrogen-bond acceptors (Lipinski definition) is 3. The largest absolute Gasteiger partial charge is 0.490 e. The Kier molecular flexibility index (Phi) is 4.02. The maximum atomic E-state index is 7.55. The number of nitrogen functional groups attached to an aromatic ring is 1. The lowest BCUT2D eigenvalue weighted by molar-refractivity contribution is -0.0326. The minimum absolute atomic E-state index is 0.0776. The Morgan fingerprint density at radius 3 is 2.89 bits per heavy atom. The van der Waals surface area contributed by atoms with Gasteiger partial charge in [-0.25, -0.2) is 0 Å². The van der Waals surface area contributed by atoms with Crippen LogP contribution in [0.15, 0.2) is 18.2 Å². The lowest BCUT2D eigenvalue weighted by atomic mass is 10.1. The smallest absolute Gasteiger partial charge is 0.131 e. The average molecular weight is 283 g/mol. The van der Waals surface area contributed by atoms with E-state index in [1.165, 1.54) is 0 Å². The fraction of sp³-hybridized carbons (Fsp3) is 0.500. The average Bonchev–Trinajstić information content (AvgIpc) is 2.66. The van der Waals surface area contributed by atoms with Crippen LogP contribution in [0, 0.1) is 5.41 Å². The molecule has 0 bridgehead atoms. The third-order valence-electron chi connectivity index (χ3n) is 3.22. The van der Waals surface area contributed by atoms with Crippen LogP contribution in [0.4, 0.5) is 0 Å². The Balaban J connectivity index is 2.04. The number of rotatable bonds is 4. The summed E-state index contributed by atoms with van der Waals surface area (Å²) >= 11 is 6.03. The first-order valence-corrected chi connectivity index (χ1v) is 6.70. The highest BCUT2D eigenvalue weighted by atomic mass is 35.5. The van der Waals surface area contributed by atoms with Crippen molar-refractivity contribution in [1.82, 2.24) is 0 Å². The molecule has 1 unspecified atom stereocenters. The standard InChI is InChI=1S/C14H19ClN2O2/c1-14(2)7-6-9(19-14)8-18-11-5-3-4-10(15)12(11)13(16)17/h3-5,9H,6-8H2,1-2H3,(H3,16,17). The van der Waals surface area contributed by atoms with Crippen LogP contribution in [0.1, 0.15) is 32.3 Å². The van der Waals surface area contributed by atoms with Crippen molar-refractivity contribution >= 4 is 17.4 Å². The normalized spacial score (nSPS) is 21.3. The number of ether oxygens (including phenoxy) is 2. The van der Waals surface area contributed by atoms with E-state index in [9.17, 15) is 0 Å². The number of benzene rings is 1. The van der Waals surface area contributed by atoms with Gasteiger partial charge in [-0.1, -0.05) is 17.7 Å². The molecule has 1 atom stereocenters. The van der Waals surface area contributed by atoms with Crippen LogP contribution in [-0.2, 0) is 4.74 Å². The molecule has 1 aromatic rings. The molecule has 4 nitrogen and oxygen atoms in total. The van der Waals surface area contributed by atoms with Crippen molar-refractivity contribution in [3.8, 4) is 5.75 Å². The van der Waals surface area contributed by atoms with Crippen molar-refractivity contribution in [1.29, 1.82) is 5.41 Å². The number of hydrogen-bond donors (Lipinski definition) is 2. The zero-order valence-electron chi connectivity index (χ0n) is 11.2. The number of amidine groups is 1. The van der Waals surface area contributed by atoms with Crippen LogP contribution in [-0.4, -0.2) is 24.1 Å². The number of nitrogens with one attached hydrogen (secondary N) is 1. The fourth-order valence-corrected chi connectivity index (χ4v) is 2.53. The van der Waals surface area contributed by atoms with Gasteiger partial charge >= 0.3 is 0 Å². The second-order valence-electron chi connectivity index (χ2n) is 5.38. The molecule has 1 fully saturated rings. The Hall–Kier alpha value is -1.26. The highest BCUT2D eigenvalue weighted by Gasteiger charge is 2.32. The summed E-state index contributed by atoms with van der Waals surface area (Å²) in [5.41, 5.74) is 5.90. The summed E-state index contributed by atoms with van der Waals surface area (Å²) in [7, 11) is 0. The SMILES string of the molecule is CC1(C)CCC(COc2cccc(Cl)c2C(=N)N)O1. The van der Waals surface area contributed by atoms with Gasteiger partial charge in [0.15, 0.2) is 0 Å². The molecule has 0 aliphatic carbocycles. The topological polar surface area (TPSA) is 68.3 Å². The van der Waals surface area contributed by atoms with Crippen LogP contribution in [0.5, 0.6) is 5.75 Å². The van der Waals surface area contributed by atoms with Gasteiger partial charge in [0, 0.05) is 0 Å². The van der Waals surface area contributed by atoms with Gasteiger partial charge in [0.1, 0.15) is 18.2 Å². The van der Waals surface area contributed by atoms with Crippen LogP contribution in [0.2, 0.25) is 5.02 Å². The predicted molar refractivity (Wildman–Crippen MR) is 76.1 cm³/mol. The molecule has 5 heteroatoms. The van der Waals surface area contributed by atoms with Crippen LogP contribution >= 0.6 is 11.6 Å². The lowest BCUT2D eigenvalue weighted by Gasteiger charge is -2.20. The summed E-state index contributed by atoms with van der Waals surface area (Å²) in [6.45, 7) is 4.60. The summed E-state index contributed by atoms with van der Waals surface area (Å²) in [4.78, 5) is 0. The van der Waals surface area contributed by atoms with E-state index in [-0.39, 0.29) is 17.5 Å². The van der Waals surface area contributed by atoms with Crippen molar-refractivity contribution in [2.45, 2.75) is 38.4 Å². The van der Waals surface area contributed by atoms with E-state index in [1.807, 2.05) is 0 Å². The molecule has 0 radical (unpaired) electrons. The van der Waals surface area contributed by atoms with Crippen molar-refractivity contribution in [3.05, 3.63) is 28.8 Å². The molecule has 1 aliphatic heterocycles. The van der Waals surface area contributed by atoms with Gasteiger partial charge in [-0.3, -0.25) is 5.41 Å². The first-order valence-electron chi connectivity index (χ1n) is 6.32. The van der Waals surface area contributed by atoms with Crippen molar-refractivity contribution < 1.29 is 9.47 Å². The van der Waals surface area contributed by atoms with Gasteiger partial charge in [-0.2, -0.15) is 0 Å². The highest BCUT2D eigenvalue weighted by Crippen LogP contribution is 2.31. The highest BCUT2D eigenvalue weighted by molar-refractivity contribution is 6.34. The molecule has 0 saturated carbocycles. The van der Waals surface area contributed by atoms with Gasteiger partial charge < -0.3 is 15.2 Å². The summed E-state index contributed by atoms with van der Waals surface area (Å²) in [6, 6.07) is 5.24. The molecule has 19 heavy (non-hydrogen) atoms. The van der Waals surface area contributed by atoms with Gasteiger partial charge in [-0.05, 0) is 38.8 Å². The predicted octanol–water partition coefficient (Wildman–Crippen LogP) is 2.96. The first-order chi connectivity index (χ1) is 8.89. The van der Waals surface area contributed by atoms with Crippen LogP contribution in [0.3, 0.4) is 0 Å². The van der Waals surface area contributed by atoms with Crippen LogP contribution < -0.4 is 10.5 Å². The van der Waals surface area contributed by atoms with Crippen molar-refractivity contribution in [2.24, 2.45) is 5.73 Å². The quantitative estimate of drug-likeness (QED) is 0.659. The zero-order chi connectivity index (χ0) is 14.0. The molecule has 104 valence electrons. The fourth-order valence-electron chi connectivity index (χ4n) is 2.26. The molecule has 1 aromatic carbocycles. The molecule has 1 saturated heterocycles. The molecule has 0 amide bonds. The minimum Gasteiger partial charge on any atom is -0.490 e. The van der Waals surface area contributed by atoms with Gasteiger partial charge in [0.05, 0.1) is 22.3 Å². The number of nitrogens with two attached hydrogens (primary N) is 1. The Morgan fingerprint density at radius 1 is 1.58 bits per heavy atom. The Labute approximate surface area is 118 Å². The van der Waals surface area contributed by atoms with E-state index in [4.69, 9.17) is 32.2 Å². The summed E-state index contributed by atoms with van der Waals surface area (Å²) in [6.07, 6.45) is 2.08. The summed E-state index contributed by atoms with van der Waals surface area (Å²) in [5, 5.41) is 7.98. The van der Waals surface area contributed by atoms with Gasteiger partial charge in [0.25, 0.3) is 0 Å². The molecular weight excluding hydrogens is 264 g/mol. The van der Waals surface area contributed by atoms with Crippen molar-refractivity contribution in [2.75, 3.05) is 6.61 Å². The summed E-state index contributed by atoms with van der Waals surface area (Å²) < 4.78 is 11.6. The monoisotopic (exact) mass is 282 g/mol. The van der Waals surface area contributed by atoms with Crippen LogP contribution in [0.25, 0.3) is 0 Å². The van der Waals surface area contributed by atoms with E-state index < -0.39 is 0 Å². The van der Waals surface area contributed by atoms with E-state index in [0.29, 0.717) is 22.9 Å². The van der Waals surface area contributed by atoms with Crippen molar-refractivity contribution in [3.63, 3.8) is 0 Å². The zero-order valence-corrected chi connectivity index (χ0v) is 12.0. The molecule has 1 aliphatic rings. The Bertz CT molecular complexity index is 488. The summed E-state index contributed by atoms with van der Waals surface area (Å²) in [5.74, 6) is 0.446. The molecule has 0 aromatic heterocycles. The molecular formula is C14H19ClN2O2. The molecule has 3 N–H and O–H groups in total. The third kappa shape index (κ3) is 3.39. The van der Waals surface area contributed by atoms with E-state index >= 15 is 0 Å².